The van der Waals surface area contributed by atoms with Crippen LogP contribution in [-0.4, -0.2) is 16.2 Å². The Morgan fingerprint density at radius 3 is 2.44 bits per heavy atom. The summed E-state index contributed by atoms with van der Waals surface area (Å²) in [5.41, 5.74) is 1.64. The van der Waals surface area contributed by atoms with Gasteiger partial charge in [-0.15, -0.1) is 0 Å². The lowest BCUT2D eigenvalue weighted by Crippen LogP contribution is -2.38. The van der Waals surface area contributed by atoms with Gasteiger partial charge in [0, 0.05) is 16.7 Å². The van der Waals surface area contributed by atoms with Crippen LogP contribution in [0.15, 0.2) is 68.8 Å². The van der Waals surface area contributed by atoms with E-state index in [2.05, 4.69) is 15.9 Å². The minimum absolute atomic E-state index is 0.350. The highest BCUT2D eigenvalue weighted by Crippen LogP contribution is 2.20. The molecule has 0 aliphatic carbocycles. The second kappa shape index (κ2) is 7.11. The predicted molar refractivity (Wildman–Crippen MR) is 101 cm³/mol. The van der Waals surface area contributed by atoms with Gasteiger partial charge in [0.1, 0.15) is 5.75 Å². The summed E-state index contributed by atoms with van der Waals surface area (Å²) in [5.74, 6) is 0.755. The van der Waals surface area contributed by atoms with E-state index >= 15 is 0 Å². The molecule has 3 aromatic rings. The van der Waals surface area contributed by atoms with Crippen LogP contribution in [0.2, 0.25) is 0 Å². The van der Waals surface area contributed by atoms with E-state index in [0.29, 0.717) is 12.2 Å². The monoisotopic (exact) mass is 400 g/mol. The van der Waals surface area contributed by atoms with Crippen molar-refractivity contribution in [2.75, 3.05) is 7.11 Å². The Morgan fingerprint density at radius 2 is 1.76 bits per heavy atom. The quantitative estimate of drug-likeness (QED) is 0.675. The molecule has 2 aromatic carbocycles. The largest absolute Gasteiger partial charge is 0.497 e. The summed E-state index contributed by atoms with van der Waals surface area (Å²) in [6, 6.07) is 14.3. The molecule has 128 valence electrons. The van der Waals surface area contributed by atoms with Crippen LogP contribution < -0.4 is 16.0 Å². The molecule has 0 saturated heterocycles. The lowest BCUT2D eigenvalue weighted by Gasteiger charge is -2.13. The van der Waals surface area contributed by atoms with Crippen LogP contribution in [0.25, 0.3) is 5.69 Å². The second-order valence-electron chi connectivity index (χ2n) is 5.63. The highest BCUT2D eigenvalue weighted by Gasteiger charge is 2.11. The van der Waals surface area contributed by atoms with Gasteiger partial charge in [-0.2, -0.15) is 0 Å². The first-order chi connectivity index (χ1) is 12.0. The molecule has 25 heavy (non-hydrogen) atoms. The Kier molecular flexibility index (Phi) is 4.90. The van der Waals surface area contributed by atoms with Crippen LogP contribution >= 0.6 is 15.9 Å². The number of halogens is 1. The van der Waals surface area contributed by atoms with Gasteiger partial charge in [-0.1, -0.05) is 34.1 Å². The fourth-order valence-electron chi connectivity index (χ4n) is 2.62. The van der Waals surface area contributed by atoms with E-state index in [1.54, 1.807) is 19.2 Å². The third kappa shape index (κ3) is 3.44. The molecular weight excluding hydrogens is 384 g/mol. The lowest BCUT2D eigenvalue weighted by molar-refractivity contribution is 0.414. The molecule has 0 radical (unpaired) electrons. The Labute approximate surface area is 153 Å². The lowest BCUT2D eigenvalue weighted by atomic mass is 10.2. The van der Waals surface area contributed by atoms with Crippen molar-refractivity contribution in [1.82, 2.24) is 9.13 Å². The van der Waals surface area contributed by atoms with E-state index in [-0.39, 0.29) is 11.2 Å². The molecule has 0 N–H and O–H groups in total. The highest BCUT2D eigenvalue weighted by atomic mass is 79.9. The number of benzene rings is 2. The molecule has 0 spiro atoms. The summed E-state index contributed by atoms with van der Waals surface area (Å²) in [6.45, 7) is 2.24. The minimum atomic E-state index is -0.371. The average Bonchev–Trinajstić information content (AvgIpc) is 2.62. The third-order valence-corrected chi connectivity index (χ3v) is 4.91. The number of nitrogens with zero attached hydrogens (tertiary/aromatic N) is 2. The van der Waals surface area contributed by atoms with Gasteiger partial charge in [0.2, 0.25) is 0 Å². The molecule has 0 saturated carbocycles. The molecule has 0 atom stereocenters. The maximum Gasteiger partial charge on any atom is 0.335 e. The number of hydrogen-bond donors (Lipinski definition) is 0. The van der Waals surface area contributed by atoms with Gasteiger partial charge in [0.15, 0.2) is 0 Å². The number of methoxy groups -OCH3 is 1. The minimum Gasteiger partial charge on any atom is -0.497 e. The Morgan fingerprint density at radius 1 is 1.04 bits per heavy atom. The van der Waals surface area contributed by atoms with Crippen molar-refractivity contribution in [1.29, 1.82) is 0 Å². The summed E-state index contributed by atoms with van der Waals surface area (Å²) < 4.78 is 8.71. The van der Waals surface area contributed by atoms with Crippen LogP contribution in [0.5, 0.6) is 5.75 Å². The number of hydrogen-bond acceptors (Lipinski definition) is 3. The van der Waals surface area contributed by atoms with Gasteiger partial charge in [0.25, 0.3) is 5.56 Å². The molecule has 0 fully saturated rings. The zero-order chi connectivity index (χ0) is 18.0. The molecule has 1 aromatic heterocycles. The van der Waals surface area contributed by atoms with Crippen LogP contribution in [0.4, 0.5) is 0 Å². The van der Waals surface area contributed by atoms with E-state index in [9.17, 15) is 9.59 Å². The molecule has 0 aliphatic heterocycles. The number of aromatic nitrogens is 2. The predicted octanol–water partition coefficient (Wildman–Crippen LogP) is 3.13. The Balaban J connectivity index is 2.07. The molecule has 0 unspecified atom stereocenters. The Hall–Kier alpha value is -2.60. The summed E-state index contributed by atoms with van der Waals surface area (Å²) in [5, 5.41) is 0. The van der Waals surface area contributed by atoms with Crippen molar-refractivity contribution in [2.24, 2.45) is 0 Å². The van der Waals surface area contributed by atoms with Gasteiger partial charge >= 0.3 is 5.69 Å². The zero-order valence-corrected chi connectivity index (χ0v) is 15.5. The van der Waals surface area contributed by atoms with Crippen LogP contribution in [-0.2, 0) is 6.54 Å². The van der Waals surface area contributed by atoms with Crippen molar-refractivity contribution in [3.05, 3.63) is 91.2 Å². The fourth-order valence-corrected chi connectivity index (χ4v) is 2.98. The maximum atomic E-state index is 12.9. The molecular formula is C19H17BrN2O3. The highest BCUT2D eigenvalue weighted by molar-refractivity contribution is 9.10. The standard InChI is InChI=1S/C19H17BrN2O3/c1-13-16(20)4-3-5-17(13)22-18(23)10-11-21(19(22)24)12-14-6-8-15(25-2)9-7-14/h3-11H,12H2,1-2H3. The topological polar surface area (TPSA) is 53.2 Å². The first-order valence-electron chi connectivity index (χ1n) is 7.72. The smallest absolute Gasteiger partial charge is 0.335 e. The van der Waals surface area contributed by atoms with Gasteiger partial charge in [-0.05, 0) is 42.3 Å². The van der Waals surface area contributed by atoms with Gasteiger partial charge < -0.3 is 4.74 Å². The van der Waals surface area contributed by atoms with E-state index < -0.39 is 0 Å². The molecule has 6 heteroatoms. The summed E-state index contributed by atoms with van der Waals surface area (Å²) in [6.07, 6.45) is 1.53. The van der Waals surface area contributed by atoms with E-state index in [0.717, 1.165) is 21.3 Å². The average molecular weight is 401 g/mol. The fraction of sp³-hybridized carbons (Fsp3) is 0.158. The van der Waals surface area contributed by atoms with Gasteiger partial charge in [-0.3, -0.25) is 9.36 Å². The molecule has 0 aliphatic rings. The van der Waals surface area contributed by atoms with E-state index in [4.69, 9.17) is 4.74 Å². The number of rotatable bonds is 4. The van der Waals surface area contributed by atoms with Crippen molar-refractivity contribution >= 4 is 15.9 Å². The molecule has 0 bridgehead atoms. The summed E-state index contributed by atoms with van der Waals surface area (Å²) in [7, 11) is 1.61. The van der Waals surface area contributed by atoms with Gasteiger partial charge in [0.05, 0.1) is 19.3 Å². The van der Waals surface area contributed by atoms with E-state index in [1.165, 1.54) is 21.4 Å². The molecule has 0 amide bonds. The molecule has 3 rings (SSSR count). The van der Waals surface area contributed by atoms with Crippen LogP contribution in [0, 0.1) is 6.92 Å². The second-order valence-corrected chi connectivity index (χ2v) is 6.49. The maximum absolute atomic E-state index is 12.9. The Bertz CT molecular complexity index is 1020. The summed E-state index contributed by atoms with van der Waals surface area (Å²) >= 11 is 3.44. The summed E-state index contributed by atoms with van der Waals surface area (Å²) in [4.78, 5) is 25.2. The number of ether oxygens (including phenoxy) is 1. The van der Waals surface area contributed by atoms with Crippen LogP contribution in [0.3, 0.4) is 0 Å². The van der Waals surface area contributed by atoms with Gasteiger partial charge in [-0.25, -0.2) is 9.36 Å². The first-order valence-corrected chi connectivity index (χ1v) is 8.51. The third-order valence-electron chi connectivity index (χ3n) is 4.05. The molecule has 1 heterocycles. The van der Waals surface area contributed by atoms with Crippen molar-refractivity contribution in [2.45, 2.75) is 13.5 Å². The SMILES string of the molecule is COc1ccc(Cn2ccc(=O)n(-c3cccc(Br)c3C)c2=O)cc1. The first kappa shape index (κ1) is 17.2. The zero-order valence-electron chi connectivity index (χ0n) is 13.9. The normalized spacial score (nSPS) is 10.7. The van der Waals surface area contributed by atoms with Crippen LogP contribution in [0.1, 0.15) is 11.1 Å². The van der Waals surface area contributed by atoms with Crippen molar-refractivity contribution < 1.29 is 4.74 Å². The van der Waals surface area contributed by atoms with Crippen molar-refractivity contribution in [3.63, 3.8) is 0 Å². The molecule has 5 nitrogen and oxygen atoms in total. The van der Waals surface area contributed by atoms with Crippen molar-refractivity contribution in [3.8, 4) is 11.4 Å². The van der Waals surface area contributed by atoms with E-state index in [1.807, 2.05) is 37.3 Å².